The van der Waals surface area contributed by atoms with E-state index in [1.54, 1.807) is 0 Å². The number of hydrogen-bond acceptors (Lipinski definition) is 4. The number of aromatic nitrogens is 2. The first-order valence-electron chi connectivity index (χ1n) is 9.49. The number of esters is 1. The fourth-order valence-corrected chi connectivity index (χ4v) is 3.98. The minimum absolute atomic E-state index is 0.0367. The zero-order valence-electron chi connectivity index (χ0n) is 16.9. The van der Waals surface area contributed by atoms with Gasteiger partial charge in [-0.25, -0.2) is 0 Å². The Balaban J connectivity index is 2.04. The molecule has 0 spiro atoms. The van der Waals surface area contributed by atoms with Gasteiger partial charge in [-0.2, -0.15) is 5.10 Å². The highest BCUT2D eigenvalue weighted by Gasteiger charge is 2.32. The summed E-state index contributed by atoms with van der Waals surface area (Å²) in [6.45, 7) is 9.62. The SMILES string of the molecule is COC(=O)C[C@@H]1CCc2cc(C)c3[nH]ncc3c2CN(CC(C)(C)C)C1=O. The van der Waals surface area contributed by atoms with E-state index in [9.17, 15) is 9.59 Å². The highest BCUT2D eigenvalue weighted by atomic mass is 16.5. The molecule has 1 N–H and O–H groups in total. The molecule has 0 radical (unpaired) electrons. The number of nitrogens with zero attached hydrogens (tertiary/aromatic N) is 2. The van der Waals surface area contributed by atoms with Crippen molar-refractivity contribution in [3.63, 3.8) is 0 Å². The average Bonchev–Trinajstić information content (AvgIpc) is 3.08. The van der Waals surface area contributed by atoms with Gasteiger partial charge in [0.15, 0.2) is 0 Å². The van der Waals surface area contributed by atoms with Crippen LogP contribution in [0.1, 0.15) is 50.3 Å². The van der Waals surface area contributed by atoms with Crippen LogP contribution in [0.2, 0.25) is 0 Å². The normalized spacial score (nSPS) is 18.2. The lowest BCUT2D eigenvalue weighted by molar-refractivity contribution is -0.148. The molecule has 27 heavy (non-hydrogen) atoms. The van der Waals surface area contributed by atoms with E-state index in [0.717, 1.165) is 22.9 Å². The number of benzene rings is 1. The number of nitrogens with one attached hydrogen (secondary N) is 1. The topological polar surface area (TPSA) is 75.3 Å². The van der Waals surface area contributed by atoms with Crippen LogP contribution in [0.15, 0.2) is 12.3 Å². The van der Waals surface area contributed by atoms with E-state index < -0.39 is 0 Å². The molecule has 2 aromatic rings. The number of rotatable bonds is 3. The lowest BCUT2D eigenvalue weighted by Crippen LogP contribution is -2.42. The van der Waals surface area contributed by atoms with Gasteiger partial charge >= 0.3 is 5.97 Å². The largest absolute Gasteiger partial charge is 0.469 e. The molecule has 0 aliphatic carbocycles. The summed E-state index contributed by atoms with van der Waals surface area (Å²) in [6.07, 6.45) is 3.41. The summed E-state index contributed by atoms with van der Waals surface area (Å²) in [5, 5.41) is 8.38. The summed E-state index contributed by atoms with van der Waals surface area (Å²) in [5.41, 5.74) is 4.55. The van der Waals surface area contributed by atoms with Gasteiger partial charge < -0.3 is 9.64 Å². The summed E-state index contributed by atoms with van der Waals surface area (Å²) in [7, 11) is 1.37. The Morgan fingerprint density at radius 1 is 1.41 bits per heavy atom. The third kappa shape index (κ3) is 4.15. The first-order chi connectivity index (χ1) is 12.7. The first-order valence-corrected chi connectivity index (χ1v) is 9.49. The fraction of sp³-hybridized carbons (Fsp3) is 0.571. The summed E-state index contributed by atoms with van der Waals surface area (Å²) in [6, 6.07) is 2.19. The van der Waals surface area contributed by atoms with Crippen molar-refractivity contribution in [2.24, 2.45) is 11.3 Å². The maximum Gasteiger partial charge on any atom is 0.306 e. The van der Waals surface area contributed by atoms with Crippen molar-refractivity contribution in [1.82, 2.24) is 15.1 Å². The predicted octanol–water partition coefficient (Wildman–Crippen LogP) is 3.37. The molecule has 2 heterocycles. The molecule has 0 fully saturated rings. The van der Waals surface area contributed by atoms with Crippen molar-refractivity contribution < 1.29 is 14.3 Å². The number of carbonyl (C=O) groups excluding carboxylic acids is 2. The second kappa shape index (κ2) is 7.33. The lowest BCUT2D eigenvalue weighted by Gasteiger charge is -2.35. The van der Waals surface area contributed by atoms with Crippen molar-refractivity contribution >= 4 is 22.8 Å². The Morgan fingerprint density at radius 3 is 2.81 bits per heavy atom. The van der Waals surface area contributed by atoms with Crippen molar-refractivity contribution in [3.05, 3.63) is 29.0 Å². The number of aryl methyl sites for hydroxylation is 2. The zero-order valence-corrected chi connectivity index (χ0v) is 16.9. The Kier molecular flexibility index (Phi) is 5.27. The van der Waals surface area contributed by atoms with E-state index in [-0.39, 0.29) is 29.6 Å². The van der Waals surface area contributed by atoms with Crippen LogP contribution < -0.4 is 0 Å². The number of aromatic amines is 1. The predicted molar refractivity (Wildman–Crippen MR) is 104 cm³/mol. The lowest BCUT2D eigenvalue weighted by atomic mass is 9.87. The molecular weight excluding hydrogens is 342 g/mol. The number of amides is 1. The quantitative estimate of drug-likeness (QED) is 0.840. The zero-order chi connectivity index (χ0) is 19.8. The second-order valence-electron chi connectivity index (χ2n) is 8.76. The van der Waals surface area contributed by atoms with Gasteiger partial charge in [-0.05, 0) is 41.9 Å². The van der Waals surface area contributed by atoms with Gasteiger partial charge in [0.05, 0.1) is 25.2 Å². The Morgan fingerprint density at radius 2 is 2.15 bits per heavy atom. The monoisotopic (exact) mass is 371 g/mol. The van der Waals surface area contributed by atoms with Crippen molar-refractivity contribution in [1.29, 1.82) is 0 Å². The van der Waals surface area contributed by atoms with Crippen LogP contribution in [0.5, 0.6) is 0 Å². The van der Waals surface area contributed by atoms with Crippen LogP contribution >= 0.6 is 0 Å². The Labute approximate surface area is 160 Å². The number of H-pyrrole nitrogens is 1. The molecular formula is C21H29N3O3. The van der Waals surface area contributed by atoms with E-state index in [0.29, 0.717) is 19.5 Å². The molecule has 1 aliphatic heterocycles. The van der Waals surface area contributed by atoms with Crippen LogP contribution in [0.4, 0.5) is 0 Å². The Bertz CT molecular complexity index is 863. The molecule has 0 bridgehead atoms. The number of carbonyl (C=O) groups is 2. The molecule has 1 amide bonds. The van der Waals surface area contributed by atoms with Crippen molar-refractivity contribution in [3.8, 4) is 0 Å². The van der Waals surface area contributed by atoms with Gasteiger partial charge in [0, 0.05) is 24.4 Å². The maximum absolute atomic E-state index is 13.3. The maximum atomic E-state index is 13.3. The third-order valence-electron chi connectivity index (χ3n) is 5.22. The molecule has 3 rings (SSSR count). The molecule has 0 saturated heterocycles. The minimum atomic E-state index is -0.340. The van der Waals surface area contributed by atoms with Crippen molar-refractivity contribution in [2.45, 2.75) is 53.5 Å². The number of methoxy groups -OCH3 is 1. The minimum Gasteiger partial charge on any atom is -0.469 e. The molecule has 6 heteroatoms. The summed E-state index contributed by atoms with van der Waals surface area (Å²) in [4.78, 5) is 27.0. The van der Waals surface area contributed by atoms with Gasteiger partial charge in [-0.15, -0.1) is 0 Å². The van der Waals surface area contributed by atoms with E-state index in [4.69, 9.17) is 4.74 Å². The molecule has 1 aromatic heterocycles. The van der Waals surface area contributed by atoms with E-state index >= 15 is 0 Å². The molecule has 1 atom stereocenters. The van der Waals surface area contributed by atoms with Gasteiger partial charge in [-0.3, -0.25) is 14.7 Å². The highest BCUT2D eigenvalue weighted by Crippen LogP contribution is 2.32. The number of fused-ring (bicyclic) bond motifs is 3. The van der Waals surface area contributed by atoms with Crippen LogP contribution in [0.25, 0.3) is 10.9 Å². The third-order valence-corrected chi connectivity index (χ3v) is 5.22. The Hall–Kier alpha value is -2.37. The van der Waals surface area contributed by atoms with Gasteiger partial charge in [-0.1, -0.05) is 26.8 Å². The van der Waals surface area contributed by atoms with Crippen LogP contribution in [-0.4, -0.2) is 40.6 Å². The molecule has 6 nitrogen and oxygen atoms in total. The number of ether oxygens (including phenoxy) is 1. The number of hydrogen-bond donors (Lipinski definition) is 1. The average molecular weight is 371 g/mol. The highest BCUT2D eigenvalue weighted by molar-refractivity contribution is 5.88. The summed E-state index contributed by atoms with van der Waals surface area (Å²) >= 11 is 0. The van der Waals surface area contributed by atoms with Gasteiger partial charge in [0.1, 0.15) is 0 Å². The smallest absolute Gasteiger partial charge is 0.306 e. The summed E-state index contributed by atoms with van der Waals surface area (Å²) in [5.74, 6) is -0.627. The van der Waals surface area contributed by atoms with Gasteiger partial charge in [0.25, 0.3) is 0 Å². The molecule has 1 aliphatic rings. The summed E-state index contributed by atoms with van der Waals surface area (Å²) < 4.78 is 4.82. The van der Waals surface area contributed by atoms with Crippen molar-refractivity contribution in [2.75, 3.05) is 13.7 Å². The molecule has 0 unspecified atom stereocenters. The first kappa shape index (κ1) is 19.4. The molecule has 146 valence electrons. The molecule has 0 saturated carbocycles. The second-order valence-corrected chi connectivity index (χ2v) is 8.76. The molecule has 1 aromatic carbocycles. The van der Waals surface area contributed by atoms with E-state index in [1.165, 1.54) is 18.2 Å². The van der Waals surface area contributed by atoms with Gasteiger partial charge in [0.2, 0.25) is 5.91 Å². The standard InChI is InChI=1S/C21H29N3O3/c1-13-8-14-6-7-15(9-18(25)27-5)20(26)24(12-21(2,3)4)11-17(14)16-10-22-23-19(13)16/h8,10,15H,6-7,9,11-12H2,1-5H3,(H,22,23)/t15-/m0/s1. The van der Waals surface area contributed by atoms with Crippen LogP contribution in [-0.2, 0) is 27.3 Å². The fourth-order valence-electron chi connectivity index (χ4n) is 3.98. The van der Waals surface area contributed by atoms with Crippen LogP contribution in [0.3, 0.4) is 0 Å². The van der Waals surface area contributed by atoms with Crippen LogP contribution in [0, 0.1) is 18.3 Å². The van der Waals surface area contributed by atoms with E-state index in [2.05, 4.69) is 44.0 Å². The van der Waals surface area contributed by atoms with E-state index in [1.807, 2.05) is 11.1 Å².